The minimum atomic E-state index is -3.84. The monoisotopic (exact) mass is 370 g/mol. The molecule has 0 aliphatic heterocycles. The molecule has 0 saturated carbocycles. The normalized spacial score (nSPS) is 11.4. The smallest absolute Gasteiger partial charge is 0.241 e. The summed E-state index contributed by atoms with van der Waals surface area (Å²) in [5, 5.41) is 5.25. The molecule has 0 aliphatic rings. The number of sulfonamides is 1. The van der Waals surface area contributed by atoms with Gasteiger partial charge in [-0.3, -0.25) is 4.98 Å². The summed E-state index contributed by atoms with van der Waals surface area (Å²) >= 11 is 3.30. The quantitative estimate of drug-likeness (QED) is 0.896. The molecule has 2 N–H and O–H groups in total. The number of halogens is 1. The second kappa shape index (κ2) is 6.13. The first-order chi connectivity index (χ1) is 9.77. The van der Waals surface area contributed by atoms with Crippen LogP contribution in [0.1, 0.15) is 16.8 Å². The topological polar surface area (TPSA) is 82.3 Å². The third-order valence-corrected chi connectivity index (χ3v) is 4.23. The Hall–Kier alpha value is -1.44. The minimum Gasteiger partial charge on any atom is -0.486 e. The van der Waals surface area contributed by atoms with E-state index in [2.05, 4.69) is 20.9 Å². The van der Waals surface area contributed by atoms with Crippen LogP contribution >= 0.6 is 15.9 Å². The molecule has 0 atom stereocenters. The molecule has 0 spiro atoms. The zero-order valence-corrected chi connectivity index (χ0v) is 14.0. The number of aryl methyl sites for hydroxylation is 2. The Labute approximate surface area is 132 Å². The Kier molecular flexibility index (Phi) is 4.65. The predicted molar refractivity (Wildman–Crippen MR) is 83.6 cm³/mol. The van der Waals surface area contributed by atoms with Gasteiger partial charge in [0.25, 0.3) is 0 Å². The summed E-state index contributed by atoms with van der Waals surface area (Å²) in [5.41, 5.74) is 2.22. The van der Waals surface area contributed by atoms with Gasteiger partial charge >= 0.3 is 0 Å². The van der Waals surface area contributed by atoms with Crippen LogP contribution in [0.2, 0.25) is 0 Å². The van der Waals surface area contributed by atoms with E-state index in [0.717, 1.165) is 15.6 Å². The molecule has 21 heavy (non-hydrogen) atoms. The molecule has 0 aliphatic carbocycles. The fraction of sp³-hybridized carbons (Fsp3) is 0.214. The Morgan fingerprint density at radius 2 is 2.00 bits per heavy atom. The summed E-state index contributed by atoms with van der Waals surface area (Å²) in [6.07, 6.45) is 1.65. The first-order valence-electron chi connectivity index (χ1n) is 6.14. The van der Waals surface area contributed by atoms with Gasteiger partial charge in [0.2, 0.25) is 10.0 Å². The van der Waals surface area contributed by atoms with Crippen LogP contribution in [0.4, 0.5) is 0 Å². The SMILES string of the molecule is Cc1cc(C)c(OCc2ccc(Br)cn2)c(S(N)(=O)=O)c1. The van der Waals surface area contributed by atoms with E-state index >= 15 is 0 Å². The van der Waals surface area contributed by atoms with Crippen molar-refractivity contribution in [2.45, 2.75) is 25.3 Å². The van der Waals surface area contributed by atoms with Crippen LogP contribution in [-0.2, 0) is 16.6 Å². The second-order valence-electron chi connectivity index (χ2n) is 4.71. The molecule has 0 radical (unpaired) electrons. The first-order valence-corrected chi connectivity index (χ1v) is 8.48. The summed E-state index contributed by atoms with van der Waals surface area (Å²) in [5.74, 6) is 0.271. The first kappa shape index (κ1) is 15.9. The fourth-order valence-electron chi connectivity index (χ4n) is 1.95. The summed E-state index contributed by atoms with van der Waals surface area (Å²) in [6, 6.07) is 6.99. The van der Waals surface area contributed by atoms with Crippen molar-refractivity contribution in [1.82, 2.24) is 4.98 Å². The number of benzene rings is 1. The summed E-state index contributed by atoms with van der Waals surface area (Å²) in [4.78, 5) is 4.18. The third kappa shape index (κ3) is 4.03. The molecule has 7 heteroatoms. The molecule has 1 aromatic carbocycles. The van der Waals surface area contributed by atoms with Gasteiger partial charge in [-0.25, -0.2) is 13.6 Å². The maximum Gasteiger partial charge on any atom is 0.241 e. The maximum atomic E-state index is 11.7. The van der Waals surface area contributed by atoms with Crippen molar-refractivity contribution >= 4 is 26.0 Å². The van der Waals surface area contributed by atoms with Crippen molar-refractivity contribution < 1.29 is 13.2 Å². The van der Waals surface area contributed by atoms with E-state index in [0.29, 0.717) is 5.69 Å². The van der Waals surface area contributed by atoms with Gasteiger partial charge in [0.15, 0.2) is 0 Å². The van der Waals surface area contributed by atoms with E-state index in [1.807, 2.05) is 19.1 Å². The van der Waals surface area contributed by atoms with E-state index in [-0.39, 0.29) is 17.3 Å². The number of ether oxygens (including phenoxy) is 1. The Morgan fingerprint density at radius 1 is 1.29 bits per heavy atom. The van der Waals surface area contributed by atoms with Crippen LogP contribution in [0.25, 0.3) is 0 Å². The summed E-state index contributed by atoms with van der Waals surface area (Å²) in [7, 11) is -3.84. The number of nitrogens with zero attached hydrogens (tertiary/aromatic N) is 1. The number of hydrogen-bond donors (Lipinski definition) is 1. The van der Waals surface area contributed by atoms with Crippen LogP contribution in [0, 0.1) is 13.8 Å². The van der Waals surface area contributed by atoms with Crippen molar-refractivity contribution in [3.8, 4) is 5.75 Å². The Balaban J connectivity index is 2.33. The molecule has 1 heterocycles. The molecule has 0 unspecified atom stereocenters. The van der Waals surface area contributed by atoms with Gasteiger partial charge in [-0.1, -0.05) is 6.07 Å². The van der Waals surface area contributed by atoms with Crippen LogP contribution in [-0.4, -0.2) is 13.4 Å². The van der Waals surface area contributed by atoms with Crippen molar-refractivity contribution in [2.75, 3.05) is 0 Å². The van der Waals surface area contributed by atoms with Crippen molar-refractivity contribution in [1.29, 1.82) is 0 Å². The number of nitrogens with two attached hydrogens (primary N) is 1. The lowest BCUT2D eigenvalue weighted by molar-refractivity contribution is 0.291. The zero-order chi connectivity index (χ0) is 15.6. The van der Waals surface area contributed by atoms with Gasteiger partial charge in [-0.2, -0.15) is 0 Å². The summed E-state index contributed by atoms with van der Waals surface area (Å²) in [6.45, 7) is 3.76. The molecule has 1 aromatic heterocycles. The molecule has 0 bridgehead atoms. The molecule has 5 nitrogen and oxygen atoms in total. The highest BCUT2D eigenvalue weighted by Crippen LogP contribution is 2.29. The highest BCUT2D eigenvalue weighted by Gasteiger charge is 2.18. The van der Waals surface area contributed by atoms with Crippen molar-refractivity contribution in [2.24, 2.45) is 5.14 Å². The minimum absolute atomic E-state index is 0.00267. The fourth-order valence-corrected chi connectivity index (χ4v) is 3.01. The molecule has 2 aromatic rings. The standard InChI is InChI=1S/C14H15BrN2O3S/c1-9-5-10(2)14(13(6-9)21(16,18)19)20-8-12-4-3-11(15)7-17-12/h3-7H,8H2,1-2H3,(H2,16,18,19). The Morgan fingerprint density at radius 3 is 2.57 bits per heavy atom. The highest BCUT2D eigenvalue weighted by atomic mass is 79.9. The van der Waals surface area contributed by atoms with Gasteiger partial charge in [0.05, 0.1) is 5.69 Å². The highest BCUT2D eigenvalue weighted by molar-refractivity contribution is 9.10. The molecule has 0 amide bonds. The van der Waals surface area contributed by atoms with Gasteiger partial charge in [-0.05, 0) is 59.1 Å². The lowest BCUT2D eigenvalue weighted by atomic mass is 10.1. The van der Waals surface area contributed by atoms with E-state index < -0.39 is 10.0 Å². The van der Waals surface area contributed by atoms with Crippen molar-refractivity contribution in [3.63, 3.8) is 0 Å². The van der Waals surface area contributed by atoms with Crippen LogP contribution < -0.4 is 9.88 Å². The van der Waals surface area contributed by atoms with E-state index in [1.165, 1.54) is 6.07 Å². The van der Waals surface area contributed by atoms with E-state index in [1.54, 1.807) is 19.2 Å². The van der Waals surface area contributed by atoms with Crippen LogP contribution in [0.15, 0.2) is 39.8 Å². The molecule has 0 fully saturated rings. The van der Waals surface area contributed by atoms with Crippen LogP contribution in [0.3, 0.4) is 0 Å². The predicted octanol–water partition coefficient (Wildman–Crippen LogP) is 2.69. The Bertz CT molecular complexity index is 759. The van der Waals surface area contributed by atoms with Gasteiger partial charge in [0, 0.05) is 10.7 Å². The molecular formula is C14H15BrN2O3S. The van der Waals surface area contributed by atoms with Crippen LogP contribution in [0.5, 0.6) is 5.75 Å². The number of pyridine rings is 1. The second-order valence-corrected chi connectivity index (χ2v) is 7.16. The lowest BCUT2D eigenvalue weighted by Gasteiger charge is -2.14. The molecular weight excluding hydrogens is 356 g/mol. The molecule has 112 valence electrons. The van der Waals surface area contributed by atoms with E-state index in [9.17, 15) is 8.42 Å². The molecule has 2 rings (SSSR count). The number of rotatable bonds is 4. The number of primary sulfonamides is 1. The average molecular weight is 371 g/mol. The summed E-state index contributed by atoms with van der Waals surface area (Å²) < 4.78 is 29.9. The third-order valence-electron chi connectivity index (χ3n) is 2.84. The zero-order valence-electron chi connectivity index (χ0n) is 11.6. The van der Waals surface area contributed by atoms with Gasteiger partial charge in [-0.15, -0.1) is 0 Å². The number of aromatic nitrogens is 1. The average Bonchev–Trinajstić information content (AvgIpc) is 2.38. The number of hydrogen-bond acceptors (Lipinski definition) is 4. The largest absolute Gasteiger partial charge is 0.486 e. The van der Waals surface area contributed by atoms with E-state index in [4.69, 9.17) is 9.88 Å². The van der Waals surface area contributed by atoms with Gasteiger partial charge in [0.1, 0.15) is 17.3 Å². The van der Waals surface area contributed by atoms with Crippen molar-refractivity contribution in [3.05, 3.63) is 51.8 Å². The maximum absolute atomic E-state index is 11.7. The molecule has 0 saturated heterocycles. The lowest BCUT2D eigenvalue weighted by Crippen LogP contribution is -2.15. The van der Waals surface area contributed by atoms with Gasteiger partial charge < -0.3 is 4.74 Å².